The van der Waals surface area contributed by atoms with E-state index in [0.29, 0.717) is 4.90 Å². The third-order valence-corrected chi connectivity index (χ3v) is 4.38. The van der Waals surface area contributed by atoms with Gasteiger partial charge in [-0.1, -0.05) is 23.7 Å². The highest BCUT2D eigenvalue weighted by atomic mass is 35.5. The summed E-state index contributed by atoms with van der Waals surface area (Å²) in [5, 5.41) is 25.4. The average molecular weight is 431 g/mol. The van der Waals surface area contributed by atoms with Crippen LogP contribution in [0.2, 0.25) is 5.02 Å². The summed E-state index contributed by atoms with van der Waals surface area (Å²) in [5.74, 6) is -3.22. The molecule has 0 saturated carbocycles. The maximum Gasteiger partial charge on any atom is 0.335 e. The molecule has 4 amide bonds. The van der Waals surface area contributed by atoms with Crippen LogP contribution >= 0.6 is 11.6 Å². The van der Waals surface area contributed by atoms with Gasteiger partial charge in [-0.3, -0.25) is 25.0 Å². The fourth-order valence-electron chi connectivity index (χ4n) is 2.77. The van der Waals surface area contributed by atoms with E-state index in [0.717, 1.165) is 12.1 Å². The number of nitrogens with zero attached hydrogens (tertiary/aromatic N) is 2. The van der Waals surface area contributed by atoms with Crippen molar-refractivity contribution in [2.24, 2.45) is 0 Å². The second-order valence-corrected chi connectivity index (χ2v) is 6.37. The van der Waals surface area contributed by atoms with E-state index < -0.39 is 39.8 Å². The smallest absolute Gasteiger partial charge is 0.335 e. The van der Waals surface area contributed by atoms with Crippen LogP contribution in [0.3, 0.4) is 0 Å². The van der Waals surface area contributed by atoms with E-state index in [1.54, 1.807) is 19.1 Å². The number of halogens is 1. The van der Waals surface area contributed by atoms with Gasteiger partial charge in [-0.2, -0.15) is 0 Å². The summed E-state index contributed by atoms with van der Waals surface area (Å²) in [7, 11) is 0. The Morgan fingerprint density at radius 2 is 1.93 bits per heavy atom. The van der Waals surface area contributed by atoms with Crippen LogP contribution in [-0.4, -0.2) is 29.4 Å². The van der Waals surface area contributed by atoms with Crippen molar-refractivity contribution in [3.05, 3.63) is 62.7 Å². The Labute approximate surface area is 174 Å². The van der Waals surface area contributed by atoms with Gasteiger partial charge in [0.1, 0.15) is 11.3 Å². The summed E-state index contributed by atoms with van der Waals surface area (Å²) in [4.78, 5) is 48.4. The molecule has 1 aliphatic heterocycles. The molecule has 0 aromatic heterocycles. The standard InChI is InChI=1S/C19H14ClN3O7/c1-2-30-15-9-10(8-14(16(15)24)23(28)29)7-11-17(25)21-19(27)22(18(11)26)13-6-4-3-5-12(13)20/h3-9,24H,2H2,1H3,(H,21,25,27)/p-1/b11-7+. The molecule has 2 aromatic rings. The lowest BCUT2D eigenvalue weighted by atomic mass is 10.1. The predicted molar refractivity (Wildman–Crippen MR) is 104 cm³/mol. The highest BCUT2D eigenvalue weighted by molar-refractivity contribution is 6.42. The SMILES string of the molecule is CCOc1cc(/C=C2\C(=O)NC(=O)N(c3ccccc3Cl)C2=O)cc([N+](=O)[O-])c1[O-]. The number of anilines is 1. The maximum atomic E-state index is 12.9. The number of hydrogen-bond donors (Lipinski definition) is 1. The number of barbiturate groups is 1. The first-order valence-corrected chi connectivity index (χ1v) is 8.90. The molecule has 1 aliphatic rings. The minimum absolute atomic E-state index is 0.00305. The predicted octanol–water partition coefficient (Wildman–Crippen LogP) is 2.39. The number of rotatable bonds is 5. The van der Waals surface area contributed by atoms with E-state index in [2.05, 4.69) is 0 Å². The lowest BCUT2D eigenvalue weighted by Crippen LogP contribution is -2.54. The summed E-state index contributed by atoms with van der Waals surface area (Å²) in [6.45, 7) is 1.65. The number of nitrogens with one attached hydrogen (secondary N) is 1. The number of hydrogen-bond acceptors (Lipinski definition) is 7. The van der Waals surface area contributed by atoms with Crippen molar-refractivity contribution in [1.29, 1.82) is 0 Å². The van der Waals surface area contributed by atoms with Crippen molar-refractivity contribution < 1.29 is 29.2 Å². The molecule has 0 spiro atoms. The molecule has 154 valence electrons. The molecule has 11 heteroatoms. The largest absolute Gasteiger partial charge is 0.865 e. The summed E-state index contributed by atoms with van der Waals surface area (Å²) < 4.78 is 5.12. The van der Waals surface area contributed by atoms with Gasteiger partial charge < -0.3 is 9.84 Å². The van der Waals surface area contributed by atoms with Crippen LogP contribution in [0.4, 0.5) is 16.2 Å². The molecule has 10 nitrogen and oxygen atoms in total. The molecule has 0 atom stereocenters. The van der Waals surface area contributed by atoms with Crippen LogP contribution in [0.25, 0.3) is 6.08 Å². The first-order chi connectivity index (χ1) is 14.2. The van der Waals surface area contributed by atoms with Gasteiger partial charge in [0.05, 0.1) is 22.2 Å². The molecule has 1 heterocycles. The molecule has 1 N–H and O–H groups in total. The topological polar surface area (TPSA) is 142 Å². The molecule has 30 heavy (non-hydrogen) atoms. The Morgan fingerprint density at radius 3 is 2.57 bits per heavy atom. The van der Waals surface area contributed by atoms with Crippen LogP contribution in [0.1, 0.15) is 12.5 Å². The van der Waals surface area contributed by atoms with E-state index in [4.69, 9.17) is 16.3 Å². The first-order valence-electron chi connectivity index (χ1n) is 8.52. The third kappa shape index (κ3) is 3.80. The number of ether oxygens (including phenoxy) is 1. The zero-order valence-corrected chi connectivity index (χ0v) is 16.1. The minimum atomic E-state index is -1.000. The molecule has 2 aromatic carbocycles. The molecule has 1 saturated heterocycles. The third-order valence-electron chi connectivity index (χ3n) is 4.06. The highest BCUT2D eigenvalue weighted by Gasteiger charge is 2.37. The Balaban J connectivity index is 2.11. The molecular weight excluding hydrogens is 418 g/mol. The number of amides is 4. The number of carbonyl (C=O) groups is 3. The zero-order valence-electron chi connectivity index (χ0n) is 15.4. The van der Waals surface area contributed by atoms with E-state index in [9.17, 15) is 29.6 Å². The lowest BCUT2D eigenvalue weighted by Gasteiger charge is -2.27. The molecule has 0 radical (unpaired) electrons. The zero-order chi connectivity index (χ0) is 22.0. The number of benzene rings is 2. The lowest BCUT2D eigenvalue weighted by molar-refractivity contribution is -0.398. The Hall–Kier alpha value is -3.92. The number of urea groups is 1. The second kappa shape index (κ2) is 8.21. The van der Waals surface area contributed by atoms with Crippen LogP contribution in [0.15, 0.2) is 42.0 Å². The van der Waals surface area contributed by atoms with E-state index >= 15 is 0 Å². The number of imide groups is 2. The van der Waals surface area contributed by atoms with E-state index in [-0.39, 0.29) is 28.6 Å². The van der Waals surface area contributed by atoms with Gasteiger partial charge in [0.2, 0.25) is 0 Å². The van der Waals surface area contributed by atoms with Gasteiger partial charge in [-0.25, -0.2) is 9.69 Å². The van der Waals surface area contributed by atoms with Crippen LogP contribution in [0, 0.1) is 10.1 Å². The number of para-hydroxylation sites is 1. The molecular formula is C19H13ClN3O7-. The molecule has 0 aliphatic carbocycles. The highest BCUT2D eigenvalue weighted by Crippen LogP contribution is 2.36. The molecule has 1 fully saturated rings. The van der Waals surface area contributed by atoms with Crippen molar-refractivity contribution in [1.82, 2.24) is 5.32 Å². The van der Waals surface area contributed by atoms with Crippen LogP contribution < -0.4 is 20.1 Å². The summed E-state index contributed by atoms with van der Waals surface area (Å²) in [6, 6.07) is 7.10. The van der Waals surface area contributed by atoms with Gasteiger partial charge in [0, 0.05) is 11.8 Å². The molecule has 0 bridgehead atoms. The first kappa shape index (κ1) is 20.8. The van der Waals surface area contributed by atoms with Crippen molar-refractivity contribution >= 4 is 46.9 Å². The van der Waals surface area contributed by atoms with Gasteiger partial charge in [-0.15, -0.1) is 0 Å². The van der Waals surface area contributed by atoms with Crippen molar-refractivity contribution in [2.75, 3.05) is 11.5 Å². The Morgan fingerprint density at radius 1 is 1.23 bits per heavy atom. The quantitative estimate of drug-likeness (QED) is 0.332. The molecule has 3 rings (SSSR count). The van der Waals surface area contributed by atoms with Crippen LogP contribution in [0.5, 0.6) is 11.5 Å². The van der Waals surface area contributed by atoms with Crippen molar-refractivity contribution in [3.8, 4) is 11.5 Å². The second-order valence-electron chi connectivity index (χ2n) is 5.97. The van der Waals surface area contributed by atoms with Gasteiger partial charge >= 0.3 is 6.03 Å². The van der Waals surface area contributed by atoms with Gasteiger partial charge in [0.25, 0.3) is 17.5 Å². The summed E-state index contributed by atoms with van der Waals surface area (Å²) >= 11 is 6.06. The number of nitro groups is 1. The van der Waals surface area contributed by atoms with Crippen molar-refractivity contribution in [2.45, 2.75) is 6.92 Å². The Kier molecular flexibility index (Phi) is 5.70. The number of carbonyl (C=O) groups excluding carboxylic acids is 3. The maximum absolute atomic E-state index is 12.9. The summed E-state index contributed by atoms with van der Waals surface area (Å²) in [6.07, 6.45) is 1.03. The summed E-state index contributed by atoms with van der Waals surface area (Å²) in [5.41, 5.74) is -1.21. The van der Waals surface area contributed by atoms with Crippen molar-refractivity contribution in [3.63, 3.8) is 0 Å². The van der Waals surface area contributed by atoms with E-state index in [1.165, 1.54) is 18.2 Å². The molecule has 0 unspecified atom stereocenters. The minimum Gasteiger partial charge on any atom is -0.865 e. The monoisotopic (exact) mass is 430 g/mol. The normalized spacial score (nSPS) is 15.3. The fourth-order valence-corrected chi connectivity index (χ4v) is 2.99. The van der Waals surface area contributed by atoms with Gasteiger partial charge in [-0.05, 0) is 36.8 Å². The Bertz CT molecular complexity index is 1110. The van der Waals surface area contributed by atoms with E-state index in [1.807, 2.05) is 5.32 Å². The fraction of sp³-hybridized carbons (Fsp3) is 0.105. The number of nitro benzene ring substituents is 1. The average Bonchev–Trinajstić information content (AvgIpc) is 2.68. The van der Waals surface area contributed by atoms with Crippen LogP contribution in [-0.2, 0) is 9.59 Å². The van der Waals surface area contributed by atoms with Gasteiger partial charge in [0.15, 0.2) is 0 Å².